The average Bonchev–Trinajstić information content (AvgIpc) is 2.36. The van der Waals surface area contributed by atoms with E-state index in [4.69, 9.17) is 4.74 Å². The molecule has 1 heterocycles. The Labute approximate surface area is 62.2 Å². The molecule has 0 spiro atoms. The van der Waals surface area contributed by atoms with Crippen LogP contribution in [0.15, 0.2) is 11.4 Å². The van der Waals surface area contributed by atoms with Gasteiger partial charge in [0.25, 0.3) is 6.47 Å². The summed E-state index contributed by atoms with van der Waals surface area (Å²) < 4.78 is 9.45. The van der Waals surface area contributed by atoms with E-state index >= 15 is 0 Å². The Morgan fingerprint density at radius 2 is 2.50 bits per heavy atom. The number of methoxy groups -OCH3 is 1. The number of thiophene rings is 1. The SMILES string of the molecule is COc1sccc1OC=O. The molecule has 0 N–H and O–H groups in total. The van der Waals surface area contributed by atoms with Crippen LogP contribution < -0.4 is 9.47 Å². The molecule has 1 rings (SSSR count). The largest absolute Gasteiger partial charge is 0.485 e. The second kappa shape index (κ2) is 3.22. The minimum atomic E-state index is 0.380. The fourth-order valence-electron chi connectivity index (χ4n) is 0.572. The van der Waals surface area contributed by atoms with Gasteiger partial charge in [0.05, 0.1) is 7.11 Å². The minimum absolute atomic E-state index is 0.380. The summed E-state index contributed by atoms with van der Waals surface area (Å²) >= 11 is 1.38. The lowest BCUT2D eigenvalue weighted by molar-refractivity contribution is -0.120. The van der Waals surface area contributed by atoms with E-state index in [1.54, 1.807) is 11.4 Å². The van der Waals surface area contributed by atoms with Crippen LogP contribution in [0.1, 0.15) is 0 Å². The van der Waals surface area contributed by atoms with Gasteiger partial charge >= 0.3 is 0 Å². The van der Waals surface area contributed by atoms with Crippen LogP contribution in [-0.4, -0.2) is 13.6 Å². The molecular weight excluding hydrogens is 152 g/mol. The molecule has 0 aromatic carbocycles. The quantitative estimate of drug-likeness (QED) is 0.622. The number of ether oxygens (including phenoxy) is 2. The molecule has 1 aromatic rings. The summed E-state index contributed by atoms with van der Waals surface area (Å²) in [6.45, 7) is 0.380. The second-order valence-electron chi connectivity index (χ2n) is 1.49. The highest BCUT2D eigenvalue weighted by molar-refractivity contribution is 7.12. The number of hydrogen-bond donors (Lipinski definition) is 0. The Bertz CT molecular complexity index is 219. The number of carbonyl (C=O) groups is 1. The molecule has 4 heteroatoms. The van der Waals surface area contributed by atoms with Crippen molar-refractivity contribution in [2.24, 2.45) is 0 Å². The van der Waals surface area contributed by atoms with Crippen molar-refractivity contribution >= 4 is 17.8 Å². The molecule has 10 heavy (non-hydrogen) atoms. The summed E-state index contributed by atoms with van der Waals surface area (Å²) in [5, 5.41) is 2.41. The van der Waals surface area contributed by atoms with E-state index < -0.39 is 0 Å². The first-order chi connectivity index (χ1) is 4.88. The summed E-state index contributed by atoms with van der Waals surface area (Å²) in [6, 6.07) is 1.68. The molecule has 0 aliphatic heterocycles. The Hall–Kier alpha value is -1.03. The molecule has 0 fully saturated rings. The van der Waals surface area contributed by atoms with Crippen LogP contribution in [0.5, 0.6) is 10.8 Å². The molecule has 0 unspecified atom stereocenters. The average molecular weight is 158 g/mol. The molecule has 1 aromatic heterocycles. The van der Waals surface area contributed by atoms with Crippen molar-refractivity contribution in [2.75, 3.05) is 7.11 Å². The van der Waals surface area contributed by atoms with Crippen molar-refractivity contribution < 1.29 is 14.3 Å². The fourth-order valence-corrected chi connectivity index (χ4v) is 1.22. The lowest BCUT2D eigenvalue weighted by Gasteiger charge is -1.96. The van der Waals surface area contributed by atoms with Crippen molar-refractivity contribution in [1.29, 1.82) is 0 Å². The standard InChI is InChI=1S/C6H6O3S/c1-8-6-5(9-4-7)2-3-10-6/h2-4H,1H3. The highest BCUT2D eigenvalue weighted by Gasteiger charge is 2.03. The van der Waals surface area contributed by atoms with Crippen molar-refractivity contribution in [3.8, 4) is 10.8 Å². The predicted molar refractivity (Wildman–Crippen MR) is 37.6 cm³/mol. The van der Waals surface area contributed by atoms with E-state index in [0.717, 1.165) is 0 Å². The highest BCUT2D eigenvalue weighted by Crippen LogP contribution is 2.32. The van der Waals surface area contributed by atoms with Crippen molar-refractivity contribution in [1.82, 2.24) is 0 Å². The molecule has 0 atom stereocenters. The molecule has 3 nitrogen and oxygen atoms in total. The fraction of sp³-hybridized carbons (Fsp3) is 0.167. The Balaban J connectivity index is 2.79. The summed E-state index contributed by atoms with van der Waals surface area (Å²) in [6.07, 6.45) is 0. The molecule has 54 valence electrons. The molecular formula is C6H6O3S. The Morgan fingerprint density at radius 3 is 3.10 bits per heavy atom. The zero-order valence-electron chi connectivity index (χ0n) is 5.37. The molecule has 0 saturated heterocycles. The third kappa shape index (κ3) is 1.27. The van der Waals surface area contributed by atoms with Crippen LogP contribution in [-0.2, 0) is 4.79 Å². The van der Waals surface area contributed by atoms with E-state index in [2.05, 4.69) is 4.74 Å². The van der Waals surface area contributed by atoms with E-state index in [0.29, 0.717) is 17.3 Å². The summed E-state index contributed by atoms with van der Waals surface area (Å²) in [5.74, 6) is 0.475. The smallest absolute Gasteiger partial charge is 0.298 e. The first-order valence-electron chi connectivity index (χ1n) is 2.60. The first-order valence-corrected chi connectivity index (χ1v) is 3.48. The Morgan fingerprint density at radius 1 is 1.70 bits per heavy atom. The van der Waals surface area contributed by atoms with Crippen molar-refractivity contribution in [3.63, 3.8) is 0 Å². The van der Waals surface area contributed by atoms with Crippen LogP contribution in [0, 0.1) is 0 Å². The molecule has 0 bridgehead atoms. The van der Waals surface area contributed by atoms with Gasteiger partial charge in [0.1, 0.15) is 0 Å². The summed E-state index contributed by atoms with van der Waals surface area (Å²) in [7, 11) is 1.53. The van der Waals surface area contributed by atoms with Gasteiger partial charge in [-0.1, -0.05) is 0 Å². The third-order valence-electron chi connectivity index (χ3n) is 0.956. The first kappa shape index (κ1) is 7.08. The number of rotatable bonds is 3. The zero-order chi connectivity index (χ0) is 7.40. The molecule has 0 saturated carbocycles. The van der Waals surface area contributed by atoms with E-state index in [1.165, 1.54) is 18.4 Å². The van der Waals surface area contributed by atoms with Gasteiger partial charge in [-0.25, -0.2) is 0 Å². The lowest BCUT2D eigenvalue weighted by atomic mass is 10.6. The zero-order valence-corrected chi connectivity index (χ0v) is 6.18. The predicted octanol–water partition coefficient (Wildman–Crippen LogP) is 1.29. The lowest BCUT2D eigenvalue weighted by Crippen LogP contribution is -1.88. The van der Waals surface area contributed by atoms with Gasteiger partial charge in [-0.15, -0.1) is 11.3 Å². The van der Waals surface area contributed by atoms with Crippen LogP contribution >= 0.6 is 11.3 Å². The normalized spacial score (nSPS) is 8.90. The molecule has 0 aliphatic rings. The molecule has 0 amide bonds. The van der Waals surface area contributed by atoms with Gasteiger partial charge in [0.2, 0.25) is 5.06 Å². The maximum Gasteiger partial charge on any atom is 0.298 e. The second-order valence-corrected chi connectivity index (χ2v) is 2.37. The van der Waals surface area contributed by atoms with E-state index in [9.17, 15) is 4.79 Å². The van der Waals surface area contributed by atoms with Gasteiger partial charge < -0.3 is 9.47 Å². The molecule has 0 aliphatic carbocycles. The van der Waals surface area contributed by atoms with Crippen molar-refractivity contribution in [3.05, 3.63) is 11.4 Å². The van der Waals surface area contributed by atoms with Crippen LogP contribution in [0.4, 0.5) is 0 Å². The third-order valence-corrected chi connectivity index (χ3v) is 1.81. The number of hydrogen-bond acceptors (Lipinski definition) is 4. The van der Waals surface area contributed by atoms with E-state index in [1.807, 2.05) is 0 Å². The Kier molecular flexibility index (Phi) is 2.28. The van der Waals surface area contributed by atoms with Gasteiger partial charge in [-0.05, 0) is 11.4 Å². The maximum absolute atomic E-state index is 9.87. The van der Waals surface area contributed by atoms with Gasteiger partial charge in [0, 0.05) is 0 Å². The summed E-state index contributed by atoms with van der Waals surface area (Å²) in [4.78, 5) is 9.87. The van der Waals surface area contributed by atoms with Gasteiger partial charge in [-0.2, -0.15) is 0 Å². The maximum atomic E-state index is 9.87. The number of carbonyl (C=O) groups excluding carboxylic acids is 1. The van der Waals surface area contributed by atoms with Gasteiger partial charge in [-0.3, -0.25) is 4.79 Å². The van der Waals surface area contributed by atoms with Crippen LogP contribution in [0.3, 0.4) is 0 Å². The van der Waals surface area contributed by atoms with Crippen LogP contribution in [0.25, 0.3) is 0 Å². The monoisotopic (exact) mass is 158 g/mol. The topological polar surface area (TPSA) is 35.5 Å². The molecule has 0 radical (unpaired) electrons. The highest BCUT2D eigenvalue weighted by atomic mass is 32.1. The van der Waals surface area contributed by atoms with E-state index in [-0.39, 0.29) is 0 Å². The van der Waals surface area contributed by atoms with Gasteiger partial charge in [0.15, 0.2) is 5.75 Å². The van der Waals surface area contributed by atoms with Crippen molar-refractivity contribution in [2.45, 2.75) is 0 Å². The summed E-state index contributed by atoms with van der Waals surface area (Å²) in [5.41, 5.74) is 0. The minimum Gasteiger partial charge on any atom is -0.485 e. The van der Waals surface area contributed by atoms with Crippen LogP contribution in [0.2, 0.25) is 0 Å².